The van der Waals surface area contributed by atoms with Crippen molar-refractivity contribution in [1.29, 1.82) is 0 Å². The van der Waals surface area contributed by atoms with Crippen LogP contribution in [0.2, 0.25) is 0 Å². The molecule has 0 unspecified atom stereocenters. The molecule has 4 aromatic rings. The number of ether oxygens (including phenoxy) is 1. The summed E-state index contributed by atoms with van der Waals surface area (Å²) in [4.78, 5) is 17.3. The number of aryl methyl sites for hydroxylation is 1. The van der Waals surface area contributed by atoms with Crippen LogP contribution in [0.5, 0.6) is 5.75 Å². The molecule has 1 fully saturated rings. The van der Waals surface area contributed by atoms with Gasteiger partial charge in [0.15, 0.2) is 0 Å². The Labute approximate surface area is 197 Å². The van der Waals surface area contributed by atoms with Crippen LogP contribution in [0.4, 0.5) is 11.4 Å². The molecule has 174 valence electrons. The molecule has 0 aliphatic carbocycles. The third-order valence-electron chi connectivity index (χ3n) is 5.64. The molecule has 3 heterocycles. The van der Waals surface area contributed by atoms with Gasteiger partial charge in [0.25, 0.3) is 5.91 Å². The molecule has 34 heavy (non-hydrogen) atoms. The number of sulfonamides is 1. The van der Waals surface area contributed by atoms with Crippen molar-refractivity contribution in [2.24, 2.45) is 0 Å². The normalized spacial score (nSPS) is 14.9. The van der Waals surface area contributed by atoms with Crippen LogP contribution in [0.1, 0.15) is 28.0 Å². The monoisotopic (exact) mass is 476 g/mol. The highest BCUT2D eigenvalue weighted by atomic mass is 32.2. The van der Waals surface area contributed by atoms with Crippen LogP contribution < -0.4 is 14.4 Å². The molecule has 1 aliphatic heterocycles. The lowest BCUT2D eigenvalue weighted by atomic mass is 10.2. The van der Waals surface area contributed by atoms with E-state index in [0.29, 0.717) is 35.7 Å². The molecule has 0 atom stereocenters. The fourth-order valence-electron chi connectivity index (χ4n) is 3.95. The van der Waals surface area contributed by atoms with Crippen LogP contribution in [0.3, 0.4) is 0 Å². The molecule has 1 saturated heterocycles. The van der Waals surface area contributed by atoms with Gasteiger partial charge in [-0.25, -0.2) is 13.4 Å². The van der Waals surface area contributed by atoms with Crippen molar-refractivity contribution in [2.45, 2.75) is 20.0 Å². The number of hydrogen-bond donors (Lipinski definition) is 1. The van der Waals surface area contributed by atoms with Crippen LogP contribution in [-0.4, -0.2) is 36.0 Å². The summed E-state index contributed by atoms with van der Waals surface area (Å²) in [6.45, 7) is 2.79. The summed E-state index contributed by atoms with van der Waals surface area (Å²) in [7, 11) is -3.23. The highest BCUT2D eigenvalue weighted by Gasteiger charge is 2.28. The Kier molecular flexibility index (Phi) is 5.70. The number of anilines is 2. The molecule has 5 rings (SSSR count). The zero-order valence-electron chi connectivity index (χ0n) is 18.6. The van der Waals surface area contributed by atoms with E-state index in [1.807, 2.05) is 35.9 Å². The summed E-state index contributed by atoms with van der Waals surface area (Å²) in [6.07, 6.45) is 4.55. The Morgan fingerprint density at radius 3 is 2.68 bits per heavy atom. The van der Waals surface area contributed by atoms with E-state index in [0.717, 1.165) is 16.9 Å². The van der Waals surface area contributed by atoms with Gasteiger partial charge in [0.05, 0.1) is 17.1 Å². The number of carbonyl (C=O) groups is 1. The van der Waals surface area contributed by atoms with Gasteiger partial charge in [0.2, 0.25) is 10.0 Å². The first-order chi connectivity index (χ1) is 16.4. The van der Waals surface area contributed by atoms with Gasteiger partial charge in [0.1, 0.15) is 18.0 Å². The smallest absolute Gasteiger partial charge is 0.255 e. The Hall–Kier alpha value is -3.85. The molecule has 0 spiro atoms. The second-order valence-corrected chi connectivity index (χ2v) is 10.3. The fourth-order valence-corrected chi connectivity index (χ4v) is 5.52. The van der Waals surface area contributed by atoms with Gasteiger partial charge >= 0.3 is 0 Å². The Bertz CT molecular complexity index is 1460. The number of aromatic nitrogens is 2. The maximum atomic E-state index is 12.7. The van der Waals surface area contributed by atoms with Gasteiger partial charge in [-0.1, -0.05) is 12.1 Å². The molecule has 0 saturated carbocycles. The van der Waals surface area contributed by atoms with Crippen LogP contribution >= 0.6 is 0 Å². The van der Waals surface area contributed by atoms with Crippen molar-refractivity contribution >= 4 is 33.0 Å². The molecule has 0 radical (unpaired) electrons. The van der Waals surface area contributed by atoms with E-state index in [9.17, 15) is 13.2 Å². The Morgan fingerprint density at radius 1 is 1.09 bits per heavy atom. The molecular formula is C25H24N4O4S. The van der Waals surface area contributed by atoms with E-state index in [2.05, 4.69) is 10.3 Å². The fraction of sp³-hybridized carbons (Fsp3) is 0.200. The topological polar surface area (TPSA) is 93.0 Å². The molecule has 2 aromatic carbocycles. The minimum Gasteiger partial charge on any atom is -0.487 e. The quantitative estimate of drug-likeness (QED) is 0.454. The van der Waals surface area contributed by atoms with Crippen molar-refractivity contribution < 1.29 is 17.9 Å². The molecule has 1 aliphatic rings. The summed E-state index contributed by atoms with van der Waals surface area (Å²) in [6, 6.07) is 17.7. The maximum Gasteiger partial charge on any atom is 0.255 e. The van der Waals surface area contributed by atoms with Crippen LogP contribution in [0, 0.1) is 6.92 Å². The second kappa shape index (κ2) is 8.83. The van der Waals surface area contributed by atoms with Crippen molar-refractivity contribution in [1.82, 2.24) is 9.38 Å². The van der Waals surface area contributed by atoms with Gasteiger partial charge in [0, 0.05) is 30.2 Å². The molecule has 8 nitrogen and oxygen atoms in total. The van der Waals surface area contributed by atoms with Gasteiger partial charge in [-0.15, -0.1) is 0 Å². The zero-order chi connectivity index (χ0) is 23.7. The lowest BCUT2D eigenvalue weighted by molar-refractivity contribution is 0.102. The molecular weight excluding hydrogens is 452 g/mol. The number of rotatable bonds is 6. The summed E-state index contributed by atoms with van der Waals surface area (Å²) < 4.78 is 33.4. The number of nitrogens with zero attached hydrogens (tertiary/aromatic N) is 3. The van der Waals surface area contributed by atoms with E-state index in [4.69, 9.17) is 4.74 Å². The maximum absolute atomic E-state index is 12.7. The van der Waals surface area contributed by atoms with Gasteiger partial charge in [-0.2, -0.15) is 0 Å². The molecule has 1 amide bonds. The van der Waals surface area contributed by atoms with Crippen molar-refractivity contribution in [2.75, 3.05) is 21.9 Å². The number of benzene rings is 2. The SMILES string of the molecule is Cc1ccc2nc(COc3cccc(C(=O)Nc4ccc(N5CCCS5(=O)=O)cc4)c3)cn2c1. The van der Waals surface area contributed by atoms with E-state index in [-0.39, 0.29) is 18.3 Å². The second-order valence-electron chi connectivity index (χ2n) is 8.26. The van der Waals surface area contributed by atoms with Crippen LogP contribution in [0.15, 0.2) is 73.1 Å². The largest absolute Gasteiger partial charge is 0.487 e. The number of imidazole rings is 1. The summed E-state index contributed by atoms with van der Waals surface area (Å²) >= 11 is 0. The summed E-state index contributed by atoms with van der Waals surface area (Å²) in [5.41, 5.74) is 4.43. The average molecular weight is 477 g/mol. The van der Waals surface area contributed by atoms with Crippen molar-refractivity contribution in [3.05, 3.63) is 89.9 Å². The summed E-state index contributed by atoms with van der Waals surface area (Å²) in [5.74, 6) is 0.450. The molecule has 0 bridgehead atoms. The number of pyridine rings is 1. The Morgan fingerprint density at radius 2 is 1.91 bits per heavy atom. The van der Waals surface area contributed by atoms with E-state index < -0.39 is 10.0 Å². The van der Waals surface area contributed by atoms with Gasteiger partial charge in [-0.3, -0.25) is 9.10 Å². The lowest BCUT2D eigenvalue weighted by Crippen LogP contribution is -2.24. The first-order valence-electron chi connectivity index (χ1n) is 11.0. The van der Waals surface area contributed by atoms with Crippen LogP contribution in [0.25, 0.3) is 5.65 Å². The number of nitrogens with one attached hydrogen (secondary N) is 1. The highest BCUT2D eigenvalue weighted by Crippen LogP contribution is 2.25. The van der Waals surface area contributed by atoms with Gasteiger partial charge in [-0.05, 0) is 67.4 Å². The minimum atomic E-state index is -3.23. The third kappa shape index (κ3) is 4.60. The van der Waals surface area contributed by atoms with E-state index >= 15 is 0 Å². The number of amides is 1. The predicted molar refractivity (Wildman–Crippen MR) is 131 cm³/mol. The summed E-state index contributed by atoms with van der Waals surface area (Å²) in [5, 5.41) is 2.84. The average Bonchev–Trinajstić information content (AvgIpc) is 3.40. The standard InChI is InChI=1S/C25H24N4O4S/c1-18-6-11-24-26-21(16-28(24)15-18)17-33-23-5-2-4-19(14-23)25(30)27-20-7-9-22(10-8-20)29-12-3-13-34(29,31)32/h2,4-11,14-16H,3,12-13,17H2,1H3,(H,27,30). The zero-order valence-corrected chi connectivity index (χ0v) is 19.5. The third-order valence-corrected chi connectivity index (χ3v) is 7.51. The molecule has 9 heteroatoms. The van der Waals surface area contributed by atoms with E-state index in [1.54, 1.807) is 48.5 Å². The lowest BCUT2D eigenvalue weighted by Gasteiger charge is -2.17. The highest BCUT2D eigenvalue weighted by molar-refractivity contribution is 7.93. The van der Waals surface area contributed by atoms with Gasteiger partial charge < -0.3 is 14.5 Å². The number of carbonyl (C=O) groups excluding carboxylic acids is 1. The molecule has 1 N–H and O–H groups in total. The Balaban J connectivity index is 1.23. The first kappa shape index (κ1) is 22.0. The van der Waals surface area contributed by atoms with E-state index in [1.165, 1.54) is 4.31 Å². The van der Waals surface area contributed by atoms with Crippen molar-refractivity contribution in [3.8, 4) is 5.75 Å². The molecule has 2 aromatic heterocycles. The number of hydrogen-bond acceptors (Lipinski definition) is 5. The number of fused-ring (bicyclic) bond motifs is 1. The first-order valence-corrected chi connectivity index (χ1v) is 12.6. The van der Waals surface area contributed by atoms with Crippen LogP contribution in [-0.2, 0) is 16.6 Å². The van der Waals surface area contributed by atoms with Crippen molar-refractivity contribution in [3.63, 3.8) is 0 Å². The predicted octanol–water partition coefficient (Wildman–Crippen LogP) is 4.01. The minimum absolute atomic E-state index is 0.167.